The van der Waals surface area contributed by atoms with Crippen LogP contribution in [0.1, 0.15) is 11.8 Å². The number of hydrogen-bond acceptors (Lipinski definition) is 3. The van der Waals surface area contributed by atoms with Gasteiger partial charge in [0, 0.05) is 18.0 Å². The van der Waals surface area contributed by atoms with Crippen LogP contribution in [0.3, 0.4) is 0 Å². The molecule has 102 valence electrons. The number of hydrogen-bond donors (Lipinski definition) is 0. The predicted octanol–water partition coefficient (Wildman–Crippen LogP) is 3.10. The summed E-state index contributed by atoms with van der Waals surface area (Å²) in [7, 11) is -3.79. The molecule has 3 nitrogen and oxygen atoms in total. The van der Waals surface area contributed by atoms with E-state index < -0.39 is 15.8 Å². The first kappa shape index (κ1) is 14.2. The predicted molar refractivity (Wildman–Crippen MR) is 74.0 cm³/mol. The van der Waals surface area contributed by atoms with E-state index in [-0.39, 0.29) is 11.4 Å². The third-order valence-electron chi connectivity index (χ3n) is 2.72. The van der Waals surface area contributed by atoms with Crippen molar-refractivity contribution in [1.82, 2.24) is 4.31 Å². The van der Waals surface area contributed by atoms with Gasteiger partial charge in [-0.15, -0.1) is 11.3 Å². The highest BCUT2D eigenvalue weighted by molar-refractivity contribution is 7.89. The van der Waals surface area contributed by atoms with Crippen LogP contribution in [0.2, 0.25) is 0 Å². The van der Waals surface area contributed by atoms with Crippen molar-refractivity contribution in [3.8, 4) is 0 Å². The molecule has 0 aliphatic heterocycles. The first-order valence-corrected chi connectivity index (χ1v) is 8.14. The zero-order valence-corrected chi connectivity index (χ0v) is 12.0. The number of sulfonamides is 1. The Hall–Kier alpha value is -1.24. The topological polar surface area (TPSA) is 37.4 Å². The summed E-state index contributed by atoms with van der Waals surface area (Å²) < 4.78 is 39.7. The van der Waals surface area contributed by atoms with Crippen molar-refractivity contribution in [1.29, 1.82) is 0 Å². The Kier molecular flexibility index (Phi) is 4.34. The standard InChI is InChI=1S/C13H14FNO2S2/c1-2-15(10-11-6-5-9-18-11)19(16,17)13-8-4-3-7-12(13)14/h3-9H,2,10H2,1H3. The Labute approximate surface area is 116 Å². The monoisotopic (exact) mass is 299 g/mol. The van der Waals surface area contributed by atoms with Crippen LogP contribution in [-0.4, -0.2) is 19.3 Å². The van der Waals surface area contributed by atoms with Gasteiger partial charge in [-0.25, -0.2) is 12.8 Å². The van der Waals surface area contributed by atoms with Gasteiger partial charge < -0.3 is 0 Å². The highest BCUT2D eigenvalue weighted by Crippen LogP contribution is 2.22. The molecule has 0 saturated carbocycles. The number of thiophene rings is 1. The fourth-order valence-electron chi connectivity index (χ4n) is 1.74. The van der Waals surface area contributed by atoms with Crippen molar-refractivity contribution >= 4 is 21.4 Å². The number of benzene rings is 1. The lowest BCUT2D eigenvalue weighted by molar-refractivity contribution is 0.422. The van der Waals surface area contributed by atoms with Crippen LogP contribution < -0.4 is 0 Å². The molecule has 0 atom stereocenters. The molecule has 1 aromatic heterocycles. The van der Waals surface area contributed by atoms with E-state index >= 15 is 0 Å². The third-order valence-corrected chi connectivity index (χ3v) is 5.53. The fourth-order valence-corrected chi connectivity index (χ4v) is 4.03. The van der Waals surface area contributed by atoms with Crippen LogP contribution in [0.5, 0.6) is 0 Å². The second-order valence-corrected chi connectivity index (χ2v) is 6.88. The smallest absolute Gasteiger partial charge is 0.207 e. The van der Waals surface area contributed by atoms with Crippen molar-refractivity contribution < 1.29 is 12.8 Å². The summed E-state index contributed by atoms with van der Waals surface area (Å²) in [4.78, 5) is 0.662. The average Bonchev–Trinajstić information content (AvgIpc) is 2.89. The summed E-state index contributed by atoms with van der Waals surface area (Å²) in [5, 5.41) is 1.89. The minimum atomic E-state index is -3.79. The van der Waals surface area contributed by atoms with E-state index in [1.807, 2.05) is 17.5 Å². The molecule has 0 aliphatic carbocycles. The van der Waals surface area contributed by atoms with Crippen molar-refractivity contribution in [3.05, 3.63) is 52.5 Å². The minimum Gasteiger partial charge on any atom is -0.207 e. The molecule has 2 rings (SSSR count). The van der Waals surface area contributed by atoms with Crippen LogP contribution >= 0.6 is 11.3 Å². The summed E-state index contributed by atoms with van der Waals surface area (Å²) in [6.07, 6.45) is 0. The van der Waals surface area contributed by atoms with Gasteiger partial charge >= 0.3 is 0 Å². The molecule has 6 heteroatoms. The third kappa shape index (κ3) is 3.02. The molecule has 0 amide bonds. The quantitative estimate of drug-likeness (QED) is 0.851. The van der Waals surface area contributed by atoms with Crippen molar-refractivity contribution in [3.63, 3.8) is 0 Å². The zero-order valence-electron chi connectivity index (χ0n) is 10.4. The molecule has 1 aromatic carbocycles. The van der Waals surface area contributed by atoms with Gasteiger partial charge in [0.1, 0.15) is 10.7 Å². The molecule has 0 fully saturated rings. The molecule has 0 bridgehead atoms. The van der Waals surface area contributed by atoms with Crippen LogP contribution in [0, 0.1) is 5.82 Å². The van der Waals surface area contributed by atoms with E-state index in [2.05, 4.69) is 0 Å². The van der Waals surface area contributed by atoms with E-state index in [9.17, 15) is 12.8 Å². The highest BCUT2D eigenvalue weighted by atomic mass is 32.2. The summed E-state index contributed by atoms with van der Waals surface area (Å²) >= 11 is 1.48. The van der Waals surface area contributed by atoms with E-state index in [0.29, 0.717) is 6.54 Å². The van der Waals surface area contributed by atoms with Gasteiger partial charge in [0.25, 0.3) is 0 Å². The van der Waals surface area contributed by atoms with E-state index in [0.717, 1.165) is 10.9 Å². The average molecular weight is 299 g/mol. The van der Waals surface area contributed by atoms with Crippen LogP contribution in [-0.2, 0) is 16.6 Å². The Bertz CT molecular complexity index is 638. The maximum atomic E-state index is 13.7. The maximum Gasteiger partial charge on any atom is 0.246 e. The molecule has 0 saturated heterocycles. The first-order valence-electron chi connectivity index (χ1n) is 5.82. The van der Waals surface area contributed by atoms with Gasteiger partial charge in [-0.2, -0.15) is 4.31 Å². The van der Waals surface area contributed by atoms with Crippen LogP contribution in [0.15, 0.2) is 46.7 Å². The van der Waals surface area contributed by atoms with Gasteiger partial charge in [0.15, 0.2) is 0 Å². The minimum absolute atomic E-state index is 0.269. The lowest BCUT2D eigenvalue weighted by Gasteiger charge is -2.20. The lowest BCUT2D eigenvalue weighted by atomic mass is 10.3. The zero-order chi connectivity index (χ0) is 13.9. The molecule has 0 aliphatic rings. The molecule has 1 heterocycles. The van der Waals surface area contributed by atoms with Crippen LogP contribution in [0.25, 0.3) is 0 Å². The number of rotatable bonds is 5. The van der Waals surface area contributed by atoms with E-state index in [4.69, 9.17) is 0 Å². The Morgan fingerprint density at radius 3 is 2.53 bits per heavy atom. The summed E-state index contributed by atoms with van der Waals surface area (Å²) in [5.41, 5.74) is 0. The summed E-state index contributed by atoms with van der Waals surface area (Å²) in [6.45, 7) is 2.31. The lowest BCUT2D eigenvalue weighted by Crippen LogP contribution is -2.30. The molecule has 2 aromatic rings. The molecule has 0 unspecified atom stereocenters. The largest absolute Gasteiger partial charge is 0.246 e. The summed E-state index contributed by atoms with van der Waals surface area (Å²) in [6, 6.07) is 9.18. The number of nitrogens with zero attached hydrogens (tertiary/aromatic N) is 1. The second-order valence-electron chi connectivity index (χ2n) is 3.94. The SMILES string of the molecule is CCN(Cc1cccs1)S(=O)(=O)c1ccccc1F. The molecule has 0 radical (unpaired) electrons. The van der Waals surface area contributed by atoms with Gasteiger partial charge in [-0.1, -0.05) is 25.1 Å². The fraction of sp³-hybridized carbons (Fsp3) is 0.231. The molecule has 19 heavy (non-hydrogen) atoms. The van der Waals surface area contributed by atoms with E-state index in [1.165, 1.54) is 33.8 Å². The van der Waals surface area contributed by atoms with Crippen molar-refractivity contribution in [2.45, 2.75) is 18.4 Å². The first-order chi connectivity index (χ1) is 9.05. The molecule has 0 spiro atoms. The van der Waals surface area contributed by atoms with E-state index in [1.54, 1.807) is 6.92 Å². The Morgan fingerprint density at radius 1 is 1.21 bits per heavy atom. The highest BCUT2D eigenvalue weighted by Gasteiger charge is 2.26. The van der Waals surface area contributed by atoms with Gasteiger partial charge in [0.2, 0.25) is 10.0 Å². The molecular weight excluding hydrogens is 285 g/mol. The Balaban J connectivity index is 2.34. The van der Waals surface area contributed by atoms with Crippen LogP contribution in [0.4, 0.5) is 4.39 Å². The summed E-state index contributed by atoms with van der Waals surface area (Å²) in [5.74, 6) is -0.716. The Morgan fingerprint density at radius 2 is 1.95 bits per heavy atom. The molecule has 0 N–H and O–H groups in total. The maximum absolute atomic E-state index is 13.7. The van der Waals surface area contributed by atoms with Crippen molar-refractivity contribution in [2.75, 3.05) is 6.54 Å². The number of halogens is 1. The van der Waals surface area contributed by atoms with Gasteiger partial charge in [-0.05, 0) is 23.6 Å². The molecular formula is C13H14FNO2S2. The second kappa shape index (κ2) is 5.81. The normalized spacial score (nSPS) is 11.9. The van der Waals surface area contributed by atoms with Crippen molar-refractivity contribution in [2.24, 2.45) is 0 Å². The van der Waals surface area contributed by atoms with Gasteiger partial charge in [0.05, 0.1) is 0 Å². The van der Waals surface area contributed by atoms with Gasteiger partial charge in [-0.3, -0.25) is 0 Å².